The van der Waals surface area contributed by atoms with E-state index in [1.165, 1.54) is 12.1 Å². The molecule has 0 bridgehead atoms. The molecule has 0 atom stereocenters. The van der Waals surface area contributed by atoms with Crippen LogP contribution in [0.15, 0.2) is 36.4 Å². The summed E-state index contributed by atoms with van der Waals surface area (Å²) in [5, 5.41) is 3.75. The maximum absolute atomic E-state index is 13.0. The highest BCUT2D eigenvalue weighted by Crippen LogP contribution is 2.37. The monoisotopic (exact) mass is 367 g/mol. The van der Waals surface area contributed by atoms with Gasteiger partial charge in [0.25, 0.3) is 0 Å². The van der Waals surface area contributed by atoms with E-state index in [0.717, 1.165) is 17.7 Å². The Morgan fingerprint density at radius 2 is 1.84 bits per heavy atom. The highest BCUT2D eigenvalue weighted by atomic mass is 35.5. The maximum atomic E-state index is 13.0. The average Bonchev–Trinajstić information content (AvgIpc) is 2.60. The van der Waals surface area contributed by atoms with Crippen molar-refractivity contribution in [2.45, 2.75) is 20.1 Å². The SMILES string of the molecule is CCOc1cc(CNCCOC)cc(Cl)c1OCc1ccc(F)cc1. The number of hydrogen-bond donors (Lipinski definition) is 1. The largest absolute Gasteiger partial charge is 0.490 e. The van der Waals surface area contributed by atoms with Gasteiger partial charge in [-0.1, -0.05) is 23.7 Å². The summed E-state index contributed by atoms with van der Waals surface area (Å²) in [6.45, 7) is 4.74. The summed E-state index contributed by atoms with van der Waals surface area (Å²) in [6, 6.07) is 9.92. The van der Waals surface area contributed by atoms with E-state index in [-0.39, 0.29) is 12.4 Å². The van der Waals surface area contributed by atoms with Crippen LogP contribution in [0.3, 0.4) is 0 Å². The Hall–Kier alpha value is -1.82. The lowest BCUT2D eigenvalue weighted by Crippen LogP contribution is -2.18. The van der Waals surface area contributed by atoms with Crippen LogP contribution >= 0.6 is 11.6 Å². The number of hydrogen-bond acceptors (Lipinski definition) is 4. The first-order valence-electron chi connectivity index (χ1n) is 8.16. The highest BCUT2D eigenvalue weighted by Gasteiger charge is 2.13. The molecule has 0 aliphatic rings. The summed E-state index contributed by atoms with van der Waals surface area (Å²) in [5.74, 6) is 0.816. The molecule has 1 N–H and O–H groups in total. The molecule has 0 heterocycles. The fourth-order valence-corrected chi connectivity index (χ4v) is 2.56. The van der Waals surface area contributed by atoms with Gasteiger partial charge in [-0.15, -0.1) is 0 Å². The molecule has 2 rings (SSSR count). The Balaban J connectivity index is 2.08. The average molecular weight is 368 g/mol. The van der Waals surface area contributed by atoms with Crippen LogP contribution in [0.1, 0.15) is 18.1 Å². The van der Waals surface area contributed by atoms with Crippen LogP contribution in [0.5, 0.6) is 11.5 Å². The molecule has 0 amide bonds. The van der Waals surface area contributed by atoms with E-state index in [2.05, 4.69) is 5.32 Å². The molecule has 0 spiro atoms. The van der Waals surface area contributed by atoms with Crippen molar-refractivity contribution >= 4 is 11.6 Å². The summed E-state index contributed by atoms with van der Waals surface area (Å²) >= 11 is 6.38. The van der Waals surface area contributed by atoms with Crippen molar-refractivity contribution in [1.29, 1.82) is 0 Å². The van der Waals surface area contributed by atoms with Crippen LogP contribution in [0.2, 0.25) is 5.02 Å². The zero-order chi connectivity index (χ0) is 18.1. The molecule has 0 saturated heterocycles. The minimum atomic E-state index is -0.276. The van der Waals surface area contributed by atoms with Gasteiger partial charge >= 0.3 is 0 Å². The van der Waals surface area contributed by atoms with Gasteiger partial charge in [0.1, 0.15) is 12.4 Å². The van der Waals surface area contributed by atoms with Crippen molar-refractivity contribution in [2.75, 3.05) is 26.9 Å². The maximum Gasteiger partial charge on any atom is 0.180 e. The highest BCUT2D eigenvalue weighted by molar-refractivity contribution is 6.32. The third kappa shape index (κ3) is 6.20. The Morgan fingerprint density at radius 1 is 1.08 bits per heavy atom. The van der Waals surface area contributed by atoms with Gasteiger partial charge in [-0.05, 0) is 42.3 Å². The molecule has 25 heavy (non-hydrogen) atoms. The van der Waals surface area contributed by atoms with E-state index in [4.69, 9.17) is 25.8 Å². The third-order valence-corrected chi connectivity index (χ3v) is 3.76. The van der Waals surface area contributed by atoms with Crippen molar-refractivity contribution < 1.29 is 18.6 Å². The normalized spacial score (nSPS) is 10.7. The molecule has 0 aliphatic heterocycles. The molecule has 6 heteroatoms. The first-order chi connectivity index (χ1) is 12.1. The molecule has 2 aromatic carbocycles. The zero-order valence-electron chi connectivity index (χ0n) is 14.5. The van der Waals surface area contributed by atoms with Gasteiger partial charge in [-0.25, -0.2) is 4.39 Å². The van der Waals surface area contributed by atoms with Gasteiger partial charge in [-0.3, -0.25) is 0 Å². The summed E-state index contributed by atoms with van der Waals surface area (Å²) in [7, 11) is 1.67. The minimum absolute atomic E-state index is 0.276. The van der Waals surface area contributed by atoms with Crippen molar-refractivity contribution in [2.24, 2.45) is 0 Å². The standard InChI is InChI=1S/C19H23ClFNO3/c1-3-24-18-11-15(12-22-8-9-23-2)10-17(20)19(18)25-13-14-4-6-16(21)7-5-14/h4-7,10-11,22H,3,8-9,12-13H2,1-2H3. The predicted molar refractivity (Wildman–Crippen MR) is 96.9 cm³/mol. The second-order valence-corrected chi connectivity index (χ2v) is 5.83. The lowest BCUT2D eigenvalue weighted by molar-refractivity contribution is 0.199. The van der Waals surface area contributed by atoms with E-state index in [0.29, 0.717) is 36.3 Å². The van der Waals surface area contributed by atoms with Crippen LogP contribution in [0.25, 0.3) is 0 Å². The summed E-state index contributed by atoms with van der Waals surface area (Å²) < 4.78 is 29.5. The zero-order valence-corrected chi connectivity index (χ0v) is 15.2. The molecule has 4 nitrogen and oxygen atoms in total. The second-order valence-electron chi connectivity index (χ2n) is 5.42. The molecule has 0 unspecified atom stereocenters. The number of nitrogens with one attached hydrogen (secondary N) is 1. The van der Waals surface area contributed by atoms with Crippen LogP contribution < -0.4 is 14.8 Å². The lowest BCUT2D eigenvalue weighted by Gasteiger charge is -2.15. The summed E-state index contributed by atoms with van der Waals surface area (Å²) in [4.78, 5) is 0. The summed E-state index contributed by atoms with van der Waals surface area (Å²) in [6.07, 6.45) is 0. The van der Waals surface area contributed by atoms with E-state index >= 15 is 0 Å². The van der Waals surface area contributed by atoms with Crippen LogP contribution in [-0.4, -0.2) is 26.9 Å². The van der Waals surface area contributed by atoms with E-state index in [9.17, 15) is 4.39 Å². The smallest absolute Gasteiger partial charge is 0.180 e. The first-order valence-corrected chi connectivity index (χ1v) is 8.54. The van der Waals surface area contributed by atoms with Gasteiger partial charge in [-0.2, -0.15) is 0 Å². The molecular formula is C19H23ClFNO3. The van der Waals surface area contributed by atoms with Gasteiger partial charge < -0.3 is 19.5 Å². The van der Waals surface area contributed by atoms with Crippen molar-refractivity contribution in [3.63, 3.8) is 0 Å². The van der Waals surface area contributed by atoms with Gasteiger partial charge in [0, 0.05) is 20.2 Å². The molecule has 0 aliphatic carbocycles. The van der Waals surface area contributed by atoms with E-state index < -0.39 is 0 Å². The van der Waals surface area contributed by atoms with E-state index in [1.54, 1.807) is 19.2 Å². The lowest BCUT2D eigenvalue weighted by atomic mass is 10.2. The van der Waals surface area contributed by atoms with Crippen LogP contribution in [-0.2, 0) is 17.9 Å². The Kier molecular flexibility index (Phi) is 7.98. The third-order valence-electron chi connectivity index (χ3n) is 3.48. The molecule has 2 aromatic rings. The topological polar surface area (TPSA) is 39.7 Å². The molecule has 0 saturated carbocycles. The van der Waals surface area contributed by atoms with Crippen molar-refractivity contribution in [3.8, 4) is 11.5 Å². The second kappa shape index (κ2) is 10.2. The van der Waals surface area contributed by atoms with Crippen molar-refractivity contribution in [1.82, 2.24) is 5.32 Å². The fraction of sp³-hybridized carbons (Fsp3) is 0.368. The molecular weight excluding hydrogens is 345 g/mol. The first kappa shape index (κ1) is 19.5. The quantitative estimate of drug-likeness (QED) is 0.639. The van der Waals surface area contributed by atoms with Crippen LogP contribution in [0.4, 0.5) is 4.39 Å². The molecule has 0 fully saturated rings. The Labute approximate surface area is 152 Å². The van der Waals surface area contributed by atoms with E-state index in [1.807, 2.05) is 19.1 Å². The predicted octanol–water partition coefficient (Wildman–Crippen LogP) is 4.19. The Bertz CT molecular complexity index is 664. The van der Waals surface area contributed by atoms with Crippen LogP contribution in [0, 0.1) is 5.82 Å². The number of benzene rings is 2. The number of rotatable bonds is 10. The molecule has 0 aromatic heterocycles. The van der Waals surface area contributed by atoms with Gasteiger partial charge in [0.2, 0.25) is 0 Å². The molecule has 136 valence electrons. The van der Waals surface area contributed by atoms with Gasteiger partial charge in [0.05, 0.1) is 18.2 Å². The number of methoxy groups -OCH3 is 1. The van der Waals surface area contributed by atoms with Gasteiger partial charge in [0.15, 0.2) is 11.5 Å². The Morgan fingerprint density at radius 3 is 2.52 bits per heavy atom. The molecule has 0 radical (unpaired) electrons. The fourth-order valence-electron chi connectivity index (χ4n) is 2.27. The summed E-state index contributed by atoms with van der Waals surface area (Å²) in [5.41, 5.74) is 1.85. The number of halogens is 2. The number of ether oxygens (including phenoxy) is 3. The minimum Gasteiger partial charge on any atom is -0.490 e. The van der Waals surface area contributed by atoms with Crippen molar-refractivity contribution in [3.05, 3.63) is 58.4 Å².